The molecule has 1 aromatic heterocycles. The van der Waals surface area contributed by atoms with E-state index in [1.165, 1.54) is 6.20 Å². The summed E-state index contributed by atoms with van der Waals surface area (Å²) in [4.78, 5) is 27.6. The van der Waals surface area contributed by atoms with Gasteiger partial charge in [0.25, 0.3) is 6.29 Å². The molecular formula is C19H18N2O5. The van der Waals surface area contributed by atoms with Gasteiger partial charge in [0.15, 0.2) is 0 Å². The molecule has 1 aliphatic heterocycles. The topological polar surface area (TPSA) is 97.8 Å². The van der Waals surface area contributed by atoms with E-state index in [2.05, 4.69) is 10.3 Å². The summed E-state index contributed by atoms with van der Waals surface area (Å²) in [6, 6.07) is 10.5. The average molecular weight is 354 g/mol. The van der Waals surface area contributed by atoms with Crippen LogP contribution in [0.1, 0.15) is 18.4 Å². The Labute approximate surface area is 150 Å². The van der Waals surface area contributed by atoms with Crippen molar-refractivity contribution in [2.45, 2.75) is 25.6 Å². The van der Waals surface area contributed by atoms with Crippen LogP contribution in [-0.2, 0) is 16.0 Å². The second-order valence-electron chi connectivity index (χ2n) is 6.50. The molecule has 7 heteroatoms. The number of carboxylic acids is 1. The van der Waals surface area contributed by atoms with Crippen LogP contribution in [-0.4, -0.2) is 28.3 Å². The summed E-state index contributed by atoms with van der Waals surface area (Å²) in [5.41, 5.74) is 0.840. The third-order valence-corrected chi connectivity index (χ3v) is 4.48. The van der Waals surface area contributed by atoms with E-state index in [4.69, 9.17) is 9.47 Å². The number of amides is 1. The Bertz CT molecular complexity index is 849. The molecule has 1 fully saturated rings. The number of fused-ring (bicyclic) bond motifs is 1. The molecule has 2 aromatic rings. The number of aliphatic carboxylic acids is 1. The van der Waals surface area contributed by atoms with Gasteiger partial charge in [-0.05, 0) is 37.0 Å². The standard InChI is InChI=1S/C19H18N2O5/c22-17(11-5-6-11)21-16-10-13(7-8-20-16)25-19-14(18(23)24)9-12-3-1-2-4-15(12)26-19/h1-4,7-8,10-11,14,19H,5-6,9H2,(H,23,24)(H,20,21,22). The number of rotatable bonds is 5. The lowest BCUT2D eigenvalue weighted by Gasteiger charge is -2.31. The molecule has 2 heterocycles. The summed E-state index contributed by atoms with van der Waals surface area (Å²) in [7, 11) is 0. The number of aromatic nitrogens is 1. The molecule has 0 radical (unpaired) electrons. The van der Waals surface area contributed by atoms with E-state index < -0.39 is 18.2 Å². The van der Waals surface area contributed by atoms with Gasteiger partial charge in [0.05, 0.1) is 0 Å². The fraction of sp³-hybridized carbons (Fsp3) is 0.316. The smallest absolute Gasteiger partial charge is 0.314 e. The van der Waals surface area contributed by atoms with Crippen LogP contribution in [0.2, 0.25) is 0 Å². The van der Waals surface area contributed by atoms with Crippen LogP contribution < -0.4 is 14.8 Å². The Morgan fingerprint density at radius 2 is 2.04 bits per heavy atom. The van der Waals surface area contributed by atoms with Crippen LogP contribution in [0.3, 0.4) is 0 Å². The minimum absolute atomic E-state index is 0.0547. The maximum Gasteiger partial charge on any atom is 0.314 e. The quantitative estimate of drug-likeness (QED) is 0.856. The Morgan fingerprint density at radius 1 is 1.23 bits per heavy atom. The molecule has 2 N–H and O–H groups in total. The van der Waals surface area contributed by atoms with E-state index in [9.17, 15) is 14.7 Å². The van der Waals surface area contributed by atoms with Crippen LogP contribution in [0.4, 0.5) is 5.82 Å². The summed E-state index contributed by atoms with van der Waals surface area (Å²) < 4.78 is 11.6. The molecule has 134 valence electrons. The first kappa shape index (κ1) is 16.4. The number of nitrogens with one attached hydrogen (secondary N) is 1. The highest BCUT2D eigenvalue weighted by Gasteiger charge is 2.37. The summed E-state index contributed by atoms with van der Waals surface area (Å²) in [5.74, 6) is -0.421. The van der Waals surface area contributed by atoms with Gasteiger partial charge < -0.3 is 19.9 Å². The Balaban J connectivity index is 1.51. The van der Waals surface area contributed by atoms with E-state index in [0.717, 1.165) is 18.4 Å². The number of para-hydroxylation sites is 1. The first-order valence-electron chi connectivity index (χ1n) is 8.51. The second-order valence-corrected chi connectivity index (χ2v) is 6.50. The monoisotopic (exact) mass is 354 g/mol. The molecule has 2 unspecified atom stereocenters. The van der Waals surface area contributed by atoms with Crippen molar-refractivity contribution in [2.24, 2.45) is 11.8 Å². The highest BCUT2D eigenvalue weighted by molar-refractivity contribution is 5.93. The minimum atomic E-state index is -0.985. The largest absolute Gasteiger partial charge is 0.481 e. The molecule has 4 rings (SSSR count). The van der Waals surface area contributed by atoms with Crippen molar-refractivity contribution in [1.29, 1.82) is 0 Å². The van der Waals surface area contributed by atoms with Crippen molar-refractivity contribution >= 4 is 17.7 Å². The molecule has 0 bridgehead atoms. The van der Waals surface area contributed by atoms with Crippen LogP contribution >= 0.6 is 0 Å². The normalized spacial score (nSPS) is 21.2. The number of anilines is 1. The number of pyridine rings is 1. The molecule has 1 aromatic carbocycles. The number of carboxylic acid groups (broad SMARTS) is 1. The van der Waals surface area contributed by atoms with Crippen LogP contribution in [0, 0.1) is 11.8 Å². The zero-order valence-electron chi connectivity index (χ0n) is 13.9. The van der Waals surface area contributed by atoms with Gasteiger partial charge in [-0.1, -0.05) is 18.2 Å². The molecule has 0 spiro atoms. The average Bonchev–Trinajstić information content (AvgIpc) is 3.46. The number of hydrogen-bond acceptors (Lipinski definition) is 5. The molecule has 7 nitrogen and oxygen atoms in total. The van der Waals surface area contributed by atoms with E-state index in [1.54, 1.807) is 18.2 Å². The summed E-state index contributed by atoms with van der Waals surface area (Å²) >= 11 is 0. The van der Waals surface area contributed by atoms with Gasteiger partial charge >= 0.3 is 5.97 Å². The van der Waals surface area contributed by atoms with E-state index in [0.29, 0.717) is 23.7 Å². The summed E-state index contributed by atoms with van der Waals surface area (Å²) in [5, 5.41) is 12.3. The Morgan fingerprint density at radius 3 is 2.81 bits per heavy atom. The predicted molar refractivity (Wildman–Crippen MR) is 91.9 cm³/mol. The Hall–Kier alpha value is -3.09. The molecule has 2 aliphatic rings. The fourth-order valence-corrected chi connectivity index (χ4v) is 2.90. The predicted octanol–water partition coefficient (Wildman–Crippen LogP) is 2.47. The maximum atomic E-state index is 11.9. The number of nitrogens with zero attached hydrogens (tertiary/aromatic N) is 1. The van der Waals surface area contributed by atoms with Crippen LogP contribution in [0.25, 0.3) is 0 Å². The molecule has 1 amide bonds. The van der Waals surface area contributed by atoms with Gasteiger partial charge in [0.2, 0.25) is 5.91 Å². The third-order valence-electron chi connectivity index (χ3n) is 4.48. The molecule has 2 atom stereocenters. The van der Waals surface area contributed by atoms with Crippen molar-refractivity contribution in [3.8, 4) is 11.5 Å². The van der Waals surface area contributed by atoms with Crippen molar-refractivity contribution in [2.75, 3.05) is 5.32 Å². The van der Waals surface area contributed by atoms with Gasteiger partial charge in [0.1, 0.15) is 23.2 Å². The van der Waals surface area contributed by atoms with Gasteiger partial charge in [0, 0.05) is 18.2 Å². The second kappa shape index (κ2) is 6.67. The molecular weight excluding hydrogens is 336 g/mol. The highest BCUT2D eigenvalue weighted by atomic mass is 16.7. The van der Waals surface area contributed by atoms with Crippen LogP contribution in [0.5, 0.6) is 11.5 Å². The van der Waals surface area contributed by atoms with Gasteiger partial charge in [-0.3, -0.25) is 9.59 Å². The van der Waals surface area contributed by atoms with Crippen molar-refractivity contribution in [3.63, 3.8) is 0 Å². The van der Waals surface area contributed by atoms with Crippen molar-refractivity contribution < 1.29 is 24.2 Å². The van der Waals surface area contributed by atoms with Gasteiger partial charge in [-0.25, -0.2) is 4.98 Å². The van der Waals surface area contributed by atoms with Gasteiger partial charge in [-0.15, -0.1) is 0 Å². The SMILES string of the molecule is O=C(Nc1cc(OC2Oc3ccccc3CC2C(=O)O)ccn1)C1CC1. The first-order chi connectivity index (χ1) is 12.6. The lowest BCUT2D eigenvalue weighted by Crippen LogP contribution is -2.42. The zero-order valence-corrected chi connectivity index (χ0v) is 13.9. The Kier molecular flexibility index (Phi) is 4.20. The van der Waals surface area contributed by atoms with Crippen molar-refractivity contribution in [1.82, 2.24) is 4.98 Å². The highest BCUT2D eigenvalue weighted by Crippen LogP contribution is 2.33. The number of ether oxygens (including phenoxy) is 2. The molecule has 1 saturated carbocycles. The number of carbonyl (C=O) groups is 2. The number of hydrogen-bond donors (Lipinski definition) is 2. The molecule has 26 heavy (non-hydrogen) atoms. The maximum absolute atomic E-state index is 11.9. The summed E-state index contributed by atoms with van der Waals surface area (Å²) in [6.07, 6.45) is 2.67. The number of benzene rings is 1. The lowest BCUT2D eigenvalue weighted by atomic mass is 9.95. The lowest BCUT2D eigenvalue weighted by molar-refractivity contribution is -0.154. The van der Waals surface area contributed by atoms with E-state index in [1.807, 2.05) is 18.2 Å². The zero-order chi connectivity index (χ0) is 18.1. The summed E-state index contributed by atoms with van der Waals surface area (Å²) in [6.45, 7) is 0. The van der Waals surface area contributed by atoms with Gasteiger partial charge in [-0.2, -0.15) is 0 Å². The molecule has 1 aliphatic carbocycles. The molecule has 0 saturated heterocycles. The van der Waals surface area contributed by atoms with Crippen LogP contribution in [0.15, 0.2) is 42.6 Å². The first-order valence-corrected chi connectivity index (χ1v) is 8.51. The number of carbonyl (C=O) groups excluding carboxylic acids is 1. The van der Waals surface area contributed by atoms with Crippen molar-refractivity contribution in [3.05, 3.63) is 48.2 Å². The van der Waals surface area contributed by atoms with E-state index in [-0.39, 0.29) is 11.8 Å². The minimum Gasteiger partial charge on any atom is -0.481 e. The third kappa shape index (κ3) is 3.46. The fourth-order valence-electron chi connectivity index (χ4n) is 2.90. The van der Waals surface area contributed by atoms with E-state index >= 15 is 0 Å².